The lowest BCUT2D eigenvalue weighted by molar-refractivity contribution is 0.0873. The maximum Gasteiger partial charge on any atom is 0.125 e. The minimum Gasteiger partial charge on any atom is -0.394 e. The highest BCUT2D eigenvalue weighted by atomic mass is 32.1. The quantitative estimate of drug-likeness (QED) is 0.887. The number of rotatable bonds is 5. The van der Waals surface area contributed by atoms with Crippen molar-refractivity contribution in [2.75, 3.05) is 25.1 Å². The number of aromatic nitrogens is 2. The standard InChI is InChI=1S/C14H19N3O2S/c18-6-5-17-14(15-11-3-1-7-19-10-11)9-12(16-17)13-4-2-8-20-13/h2,4,8-9,11,15,18H,1,3,5-7,10H2. The molecule has 1 fully saturated rings. The molecule has 20 heavy (non-hydrogen) atoms. The molecule has 2 aromatic rings. The van der Waals surface area contributed by atoms with Crippen molar-refractivity contribution in [3.05, 3.63) is 23.6 Å². The summed E-state index contributed by atoms with van der Waals surface area (Å²) in [5, 5.41) is 19.3. The molecule has 1 unspecified atom stereocenters. The van der Waals surface area contributed by atoms with E-state index >= 15 is 0 Å². The first kappa shape index (κ1) is 13.6. The minimum absolute atomic E-state index is 0.0847. The minimum atomic E-state index is 0.0847. The summed E-state index contributed by atoms with van der Waals surface area (Å²) in [5.74, 6) is 0.956. The summed E-state index contributed by atoms with van der Waals surface area (Å²) in [6.07, 6.45) is 2.20. The first-order chi connectivity index (χ1) is 9.86. The highest BCUT2D eigenvalue weighted by Gasteiger charge is 2.17. The first-order valence-electron chi connectivity index (χ1n) is 6.93. The van der Waals surface area contributed by atoms with E-state index in [1.54, 1.807) is 11.3 Å². The third-order valence-electron chi connectivity index (χ3n) is 3.38. The smallest absolute Gasteiger partial charge is 0.125 e. The fourth-order valence-corrected chi connectivity index (χ4v) is 3.09. The molecule has 1 saturated heterocycles. The Hall–Kier alpha value is -1.37. The van der Waals surface area contributed by atoms with Crippen molar-refractivity contribution < 1.29 is 9.84 Å². The molecule has 0 amide bonds. The summed E-state index contributed by atoms with van der Waals surface area (Å²) in [5.41, 5.74) is 0.952. The fourth-order valence-electron chi connectivity index (χ4n) is 2.41. The number of nitrogens with zero attached hydrogens (tertiary/aromatic N) is 2. The molecule has 0 saturated carbocycles. The summed E-state index contributed by atoms with van der Waals surface area (Å²) in [6, 6.07) is 6.46. The van der Waals surface area contributed by atoms with Crippen LogP contribution in [0.1, 0.15) is 12.8 Å². The van der Waals surface area contributed by atoms with Crippen LogP contribution in [0, 0.1) is 0 Å². The molecule has 1 aliphatic rings. The van der Waals surface area contributed by atoms with Crippen LogP contribution in [0.25, 0.3) is 10.6 Å². The van der Waals surface area contributed by atoms with E-state index in [0.29, 0.717) is 12.6 Å². The number of hydrogen-bond donors (Lipinski definition) is 2. The van der Waals surface area contributed by atoms with Crippen LogP contribution >= 0.6 is 11.3 Å². The Labute approximate surface area is 122 Å². The lowest BCUT2D eigenvalue weighted by atomic mass is 10.1. The van der Waals surface area contributed by atoms with E-state index in [1.165, 1.54) is 0 Å². The topological polar surface area (TPSA) is 59.3 Å². The number of anilines is 1. The summed E-state index contributed by atoms with van der Waals surface area (Å²) in [4.78, 5) is 1.14. The highest BCUT2D eigenvalue weighted by molar-refractivity contribution is 7.13. The normalized spacial score (nSPS) is 19.1. The summed E-state index contributed by atoms with van der Waals surface area (Å²) < 4.78 is 7.33. The zero-order valence-corrected chi connectivity index (χ0v) is 12.1. The van der Waals surface area contributed by atoms with Crippen molar-refractivity contribution in [1.29, 1.82) is 0 Å². The van der Waals surface area contributed by atoms with E-state index < -0.39 is 0 Å². The highest BCUT2D eigenvalue weighted by Crippen LogP contribution is 2.27. The number of thiophene rings is 1. The maximum absolute atomic E-state index is 9.18. The molecule has 0 spiro atoms. The fraction of sp³-hybridized carbons (Fsp3) is 0.500. The van der Waals surface area contributed by atoms with Crippen LogP contribution in [0.2, 0.25) is 0 Å². The molecule has 0 radical (unpaired) electrons. The average Bonchev–Trinajstić information content (AvgIpc) is 3.11. The molecule has 2 N–H and O–H groups in total. The second-order valence-corrected chi connectivity index (χ2v) is 5.84. The molecule has 1 atom stereocenters. The number of aliphatic hydroxyl groups excluding tert-OH is 1. The van der Waals surface area contributed by atoms with E-state index in [4.69, 9.17) is 4.74 Å². The number of aliphatic hydroxyl groups is 1. The Morgan fingerprint density at radius 2 is 2.50 bits per heavy atom. The monoisotopic (exact) mass is 293 g/mol. The van der Waals surface area contributed by atoms with Crippen molar-refractivity contribution in [2.24, 2.45) is 0 Å². The van der Waals surface area contributed by atoms with Gasteiger partial charge < -0.3 is 15.2 Å². The lowest BCUT2D eigenvalue weighted by Gasteiger charge is -2.24. The van der Waals surface area contributed by atoms with Gasteiger partial charge in [0.1, 0.15) is 11.5 Å². The maximum atomic E-state index is 9.18. The Balaban J connectivity index is 1.80. The molecule has 2 aromatic heterocycles. The predicted octanol–water partition coefficient (Wildman–Crippen LogP) is 2.19. The Bertz CT molecular complexity index is 533. The van der Waals surface area contributed by atoms with E-state index in [1.807, 2.05) is 16.1 Å². The lowest BCUT2D eigenvalue weighted by Crippen LogP contribution is -2.31. The second-order valence-electron chi connectivity index (χ2n) is 4.90. The van der Waals surface area contributed by atoms with Gasteiger partial charge in [0, 0.05) is 12.7 Å². The van der Waals surface area contributed by atoms with Gasteiger partial charge in [0.05, 0.1) is 30.7 Å². The molecular weight excluding hydrogens is 274 g/mol. The van der Waals surface area contributed by atoms with E-state index in [-0.39, 0.29) is 6.61 Å². The molecule has 6 heteroatoms. The Kier molecular flexibility index (Phi) is 4.34. The Morgan fingerprint density at radius 3 is 3.20 bits per heavy atom. The van der Waals surface area contributed by atoms with Crippen LogP contribution in [-0.4, -0.2) is 40.7 Å². The number of hydrogen-bond acceptors (Lipinski definition) is 5. The molecule has 1 aliphatic heterocycles. The Morgan fingerprint density at radius 1 is 1.55 bits per heavy atom. The molecule has 0 aromatic carbocycles. The van der Waals surface area contributed by atoms with Gasteiger partial charge in [0.15, 0.2) is 0 Å². The van der Waals surface area contributed by atoms with E-state index in [9.17, 15) is 5.11 Å². The van der Waals surface area contributed by atoms with Crippen LogP contribution < -0.4 is 5.32 Å². The average molecular weight is 293 g/mol. The van der Waals surface area contributed by atoms with Gasteiger partial charge in [0.25, 0.3) is 0 Å². The second kappa shape index (κ2) is 6.39. The van der Waals surface area contributed by atoms with Crippen LogP contribution in [0.15, 0.2) is 23.6 Å². The van der Waals surface area contributed by atoms with Gasteiger partial charge in [0.2, 0.25) is 0 Å². The molecule has 108 valence electrons. The zero-order chi connectivity index (χ0) is 13.8. The van der Waals surface area contributed by atoms with Gasteiger partial charge in [-0.25, -0.2) is 4.68 Å². The molecule has 3 rings (SSSR count). The zero-order valence-electron chi connectivity index (χ0n) is 11.3. The van der Waals surface area contributed by atoms with Gasteiger partial charge >= 0.3 is 0 Å². The molecule has 5 nitrogen and oxygen atoms in total. The van der Waals surface area contributed by atoms with Crippen LogP contribution in [0.5, 0.6) is 0 Å². The summed E-state index contributed by atoms with van der Waals surface area (Å²) in [7, 11) is 0. The van der Waals surface area contributed by atoms with Crippen LogP contribution in [0.3, 0.4) is 0 Å². The largest absolute Gasteiger partial charge is 0.394 e. The molecule has 0 bridgehead atoms. The van der Waals surface area contributed by atoms with Gasteiger partial charge in [-0.1, -0.05) is 6.07 Å². The van der Waals surface area contributed by atoms with Crippen LogP contribution in [0.4, 0.5) is 5.82 Å². The van der Waals surface area contributed by atoms with E-state index in [0.717, 1.165) is 42.4 Å². The van der Waals surface area contributed by atoms with Gasteiger partial charge in [-0.15, -0.1) is 11.3 Å². The molecule has 3 heterocycles. The van der Waals surface area contributed by atoms with Crippen molar-refractivity contribution in [2.45, 2.75) is 25.4 Å². The third kappa shape index (κ3) is 3.03. The summed E-state index contributed by atoms with van der Waals surface area (Å²) >= 11 is 1.67. The third-order valence-corrected chi connectivity index (χ3v) is 4.27. The van der Waals surface area contributed by atoms with Crippen LogP contribution in [-0.2, 0) is 11.3 Å². The van der Waals surface area contributed by atoms with Gasteiger partial charge in [-0.2, -0.15) is 5.10 Å². The summed E-state index contributed by atoms with van der Waals surface area (Å²) in [6.45, 7) is 2.18. The number of nitrogens with one attached hydrogen (secondary N) is 1. The van der Waals surface area contributed by atoms with Crippen molar-refractivity contribution in [3.8, 4) is 10.6 Å². The van der Waals surface area contributed by atoms with Gasteiger partial charge in [-0.3, -0.25) is 0 Å². The van der Waals surface area contributed by atoms with Crippen molar-refractivity contribution in [3.63, 3.8) is 0 Å². The SMILES string of the molecule is OCCn1nc(-c2cccs2)cc1NC1CCCOC1. The molecule has 0 aliphatic carbocycles. The first-order valence-corrected chi connectivity index (χ1v) is 7.81. The van der Waals surface area contributed by atoms with Crippen molar-refractivity contribution in [1.82, 2.24) is 9.78 Å². The molecular formula is C14H19N3O2S. The predicted molar refractivity (Wildman–Crippen MR) is 80.1 cm³/mol. The van der Waals surface area contributed by atoms with Gasteiger partial charge in [-0.05, 0) is 24.3 Å². The number of ether oxygens (including phenoxy) is 1. The van der Waals surface area contributed by atoms with Crippen molar-refractivity contribution >= 4 is 17.2 Å². The van der Waals surface area contributed by atoms with E-state index in [2.05, 4.69) is 22.5 Å².